The molecule has 0 spiro atoms. The fourth-order valence-electron chi connectivity index (χ4n) is 5.86. The molecule has 0 fully saturated rings. The highest BCUT2D eigenvalue weighted by Gasteiger charge is 2.24. The lowest BCUT2D eigenvalue weighted by Gasteiger charge is -2.22. The fourth-order valence-corrected chi connectivity index (χ4v) is 7.05. The normalized spacial score (nSPS) is 12.3. The Bertz CT molecular complexity index is 1920. The standard InChI is InChI=1S/C41H54N5O6P/c1-8-43-36-27-38-35(25-31(36)6)39(34-24-29(4)30(5)26-37(34)52-38)32-16-11-12-17-33(32)40(47)46(7)20-23-49-41(48)44-19-13-9-10-14-21-50-53(45-28(2)3)51-22-15-18-42/h11-12,16-17,24-28,45H,8-10,13-15,19-23H2,1-7H3,(H,44,48). The molecule has 1 aliphatic heterocycles. The number of amides is 2. The summed E-state index contributed by atoms with van der Waals surface area (Å²) in [6.07, 6.45) is 3.39. The lowest BCUT2D eigenvalue weighted by Crippen LogP contribution is -2.33. The van der Waals surface area contributed by atoms with Crippen LogP contribution in [0.5, 0.6) is 0 Å². The van der Waals surface area contributed by atoms with Gasteiger partial charge in [-0.05, 0) is 101 Å². The second kappa shape index (κ2) is 20.8. The van der Waals surface area contributed by atoms with Gasteiger partial charge in [-0.1, -0.05) is 31.0 Å². The molecule has 12 heteroatoms. The summed E-state index contributed by atoms with van der Waals surface area (Å²) in [6.45, 7) is 14.6. The number of nitriles is 1. The zero-order chi connectivity index (χ0) is 38.3. The summed E-state index contributed by atoms with van der Waals surface area (Å²) in [5, 5.41) is 16.6. The van der Waals surface area contributed by atoms with Crippen molar-refractivity contribution >= 4 is 31.5 Å². The number of unbranched alkanes of at least 4 members (excludes halogenated alkanes) is 3. The van der Waals surface area contributed by atoms with Gasteiger partial charge in [0.25, 0.3) is 14.4 Å². The minimum atomic E-state index is -1.21. The van der Waals surface area contributed by atoms with Crippen LogP contribution in [0.2, 0.25) is 0 Å². The molecular weight excluding hydrogens is 689 g/mol. The summed E-state index contributed by atoms with van der Waals surface area (Å²) in [7, 11) is 0.506. The summed E-state index contributed by atoms with van der Waals surface area (Å²) >= 11 is 0. The average molecular weight is 744 g/mol. The number of likely N-dealkylation sites (N-methyl/N-ethyl adjacent to an activating group) is 1. The summed E-state index contributed by atoms with van der Waals surface area (Å²) in [5.74, 6) is 0.538. The van der Waals surface area contributed by atoms with Crippen molar-refractivity contribution in [1.29, 1.82) is 5.26 Å². The van der Waals surface area contributed by atoms with E-state index in [4.69, 9.17) is 23.5 Å². The van der Waals surface area contributed by atoms with Crippen LogP contribution in [-0.4, -0.2) is 69.4 Å². The largest absolute Gasteiger partial charge is 0.456 e. The van der Waals surface area contributed by atoms with Crippen molar-refractivity contribution in [3.8, 4) is 28.5 Å². The Labute approximate surface area is 315 Å². The number of ether oxygens (including phenoxy) is 1. The Hall–Kier alpha value is -4.33. The smallest absolute Gasteiger partial charge is 0.407 e. The van der Waals surface area contributed by atoms with E-state index in [0.717, 1.165) is 75.4 Å². The molecule has 2 amide bonds. The molecule has 0 radical (unpaired) electrons. The van der Waals surface area contributed by atoms with Gasteiger partial charge in [-0.15, -0.1) is 0 Å². The van der Waals surface area contributed by atoms with Gasteiger partial charge in [0, 0.05) is 54.3 Å². The molecule has 0 bridgehead atoms. The van der Waals surface area contributed by atoms with E-state index in [-0.39, 0.29) is 25.1 Å². The van der Waals surface area contributed by atoms with E-state index in [1.165, 1.54) is 0 Å². The lowest BCUT2D eigenvalue weighted by atomic mass is 9.88. The third kappa shape index (κ3) is 11.8. The van der Waals surface area contributed by atoms with Crippen molar-refractivity contribution in [2.75, 3.05) is 46.5 Å². The molecule has 284 valence electrons. The molecule has 1 heterocycles. The van der Waals surface area contributed by atoms with Crippen molar-refractivity contribution in [3.63, 3.8) is 0 Å². The maximum absolute atomic E-state index is 14.0. The van der Waals surface area contributed by atoms with Crippen molar-refractivity contribution in [3.05, 3.63) is 76.1 Å². The van der Waals surface area contributed by atoms with Gasteiger partial charge in [-0.3, -0.25) is 9.79 Å². The monoisotopic (exact) mass is 743 g/mol. The van der Waals surface area contributed by atoms with Gasteiger partial charge >= 0.3 is 6.09 Å². The summed E-state index contributed by atoms with van der Waals surface area (Å²) in [4.78, 5) is 32.6. The Morgan fingerprint density at radius 2 is 1.68 bits per heavy atom. The predicted octanol–water partition coefficient (Wildman–Crippen LogP) is 8.58. The molecular formula is C41H54N5O6P. The van der Waals surface area contributed by atoms with Crippen LogP contribution >= 0.6 is 8.53 Å². The summed E-state index contributed by atoms with van der Waals surface area (Å²) in [6, 6.07) is 18.2. The molecule has 2 N–H and O–H groups in total. The number of hydrogen-bond donors (Lipinski definition) is 2. The first-order valence-electron chi connectivity index (χ1n) is 18.5. The van der Waals surface area contributed by atoms with Gasteiger partial charge in [0.1, 0.15) is 18.0 Å². The van der Waals surface area contributed by atoms with E-state index in [2.05, 4.69) is 53.5 Å². The number of aryl methyl sites for hydroxylation is 3. The molecule has 4 rings (SSSR count). The lowest BCUT2D eigenvalue weighted by molar-refractivity contribution is 0.0745. The minimum absolute atomic E-state index is 0.0643. The molecule has 1 unspecified atom stereocenters. The molecule has 1 aliphatic carbocycles. The van der Waals surface area contributed by atoms with Gasteiger partial charge in [-0.2, -0.15) is 5.26 Å². The highest BCUT2D eigenvalue weighted by Crippen LogP contribution is 2.42. The molecule has 1 atom stereocenters. The van der Waals surface area contributed by atoms with Crippen LogP contribution in [0, 0.1) is 32.1 Å². The number of carbonyl (C=O) groups excluding carboxylic acids is 2. The molecule has 2 aliphatic rings. The Balaban J connectivity index is 1.32. The molecule has 0 aromatic heterocycles. The third-order valence-electron chi connectivity index (χ3n) is 8.75. The quantitative estimate of drug-likeness (QED) is 0.0554. The topological polar surface area (TPSA) is 138 Å². The Morgan fingerprint density at radius 3 is 2.43 bits per heavy atom. The number of alkyl carbamates (subject to hydrolysis) is 1. The van der Waals surface area contributed by atoms with E-state index in [9.17, 15) is 9.59 Å². The van der Waals surface area contributed by atoms with Crippen LogP contribution < -0.4 is 15.8 Å². The fraction of sp³-hybridized carbons (Fsp3) is 0.463. The van der Waals surface area contributed by atoms with Crippen molar-refractivity contribution < 1.29 is 27.8 Å². The van der Waals surface area contributed by atoms with E-state index in [0.29, 0.717) is 44.0 Å². The van der Waals surface area contributed by atoms with Crippen LogP contribution in [0.4, 0.5) is 4.79 Å². The molecule has 0 saturated heterocycles. The second-order valence-corrected chi connectivity index (χ2v) is 14.7. The van der Waals surface area contributed by atoms with E-state index in [1.54, 1.807) is 11.9 Å². The van der Waals surface area contributed by atoms with Crippen molar-refractivity contribution in [1.82, 2.24) is 15.3 Å². The van der Waals surface area contributed by atoms with E-state index in [1.807, 2.05) is 58.0 Å². The molecule has 2 aromatic carbocycles. The van der Waals surface area contributed by atoms with Crippen LogP contribution in [0.15, 0.2) is 57.9 Å². The SMILES string of the molecule is CCN=c1cc2oc3cc(C)c(C)cc3c(-c3ccccc3C(=O)N(C)CCOC(=O)NCCCCCCOP(NC(C)C)OCCC#N)c-2cc1C. The maximum atomic E-state index is 14.0. The van der Waals surface area contributed by atoms with Crippen molar-refractivity contribution in [2.24, 2.45) is 4.99 Å². The number of nitrogens with one attached hydrogen (secondary N) is 2. The highest BCUT2D eigenvalue weighted by molar-refractivity contribution is 7.45. The van der Waals surface area contributed by atoms with Gasteiger partial charge in [0.2, 0.25) is 0 Å². The number of nitrogens with zero attached hydrogens (tertiary/aromatic N) is 3. The Morgan fingerprint density at radius 1 is 0.943 bits per heavy atom. The average Bonchev–Trinajstić information content (AvgIpc) is 3.12. The molecule has 53 heavy (non-hydrogen) atoms. The van der Waals surface area contributed by atoms with Gasteiger partial charge in [0.05, 0.1) is 37.6 Å². The number of carbonyl (C=O) groups is 2. The first-order chi connectivity index (χ1) is 25.5. The summed E-state index contributed by atoms with van der Waals surface area (Å²) < 4.78 is 23.4. The highest BCUT2D eigenvalue weighted by atomic mass is 31.2. The maximum Gasteiger partial charge on any atom is 0.407 e. The number of fused-ring (bicyclic) bond motifs is 2. The van der Waals surface area contributed by atoms with Crippen LogP contribution in [0.1, 0.15) is 79.9 Å². The zero-order valence-electron chi connectivity index (χ0n) is 32.2. The van der Waals surface area contributed by atoms with Crippen LogP contribution in [-0.2, 0) is 13.8 Å². The predicted molar refractivity (Wildman–Crippen MR) is 211 cm³/mol. The van der Waals surface area contributed by atoms with Crippen LogP contribution in [0.3, 0.4) is 0 Å². The number of hydrogen-bond acceptors (Lipinski definition) is 9. The molecule has 0 saturated carbocycles. The minimum Gasteiger partial charge on any atom is -0.456 e. The first kappa shape index (κ1) is 41.4. The van der Waals surface area contributed by atoms with Gasteiger partial charge in [0.15, 0.2) is 0 Å². The summed E-state index contributed by atoms with van der Waals surface area (Å²) in [5.41, 5.74) is 7.24. The second-order valence-electron chi connectivity index (χ2n) is 13.4. The van der Waals surface area contributed by atoms with E-state index < -0.39 is 14.6 Å². The van der Waals surface area contributed by atoms with Gasteiger partial charge < -0.3 is 28.4 Å². The number of benzene rings is 3. The van der Waals surface area contributed by atoms with Crippen molar-refractivity contribution in [2.45, 2.75) is 79.7 Å². The number of rotatable bonds is 19. The van der Waals surface area contributed by atoms with Crippen LogP contribution in [0.25, 0.3) is 33.4 Å². The Kier molecular flexibility index (Phi) is 16.2. The molecule has 2 aromatic rings. The first-order valence-corrected chi connectivity index (χ1v) is 19.6. The zero-order valence-corrected chi connectivity index (χ0v) is 33.1. The third-order valence-corrected chi connectivity index (χ3v) is 10.3. The van der Waals surface area contributed by atoms with E-state index >= 15 is 0 Å². The van der Waals surface area contributed by atoms with Gasteiger partial charge in [-0.25, -0.2) is 9.88 Å². The molecule has 11 nitrogen and oxygen atoms in total.